The van der Waals surface area contributed by atoms with Gasteiger partial charge in [-0.15, -0.1) is 11.6 Å². The molecule has 1 unspecified atom stereocenters. The minimum absolute atomic E-state index is 0.0598. The van der Waals surface area contributed by atoms with E-state index in [0.29, 0.717) is 11.8 Å². The molecule has 0 saturated heterocycles. The highest BCUT2D eigenvalue weighted by molar-refractivity contribution is 6.16. The second-order valence-electron chi connectivity index (χ2n) is 6.46. The van der Waals surface area contributed by atoms with Crippen LogP contribution in [0.15, 0.2) is 12.3 Å². The van der Waals surface area contributed by atoms with Crippen LogP contribution in [0.3, 0.4) is 0 Å². The van der Waals surface area contributed by atoms with E-state index in [4.69, 9.17) is 11.6 Å². The van der Waals surface area contributed by atoms with E-state index in [9.17, 15) is 0 Å². The summed E-state index contributed by atoms with van der Waals surface area (Å²) in [4.78, 5) is 4.41. The molecule has 0 N–H and O–H groups in total. The van der Waals surface area contributed by atoms with Crippen LogP contribution in [0, 0.1) is 5.92 Å². The number of aromatic nitrogens is 1. The highest BCUT2D eigenvalue weighted by Crippen LogP contribution is 2.42. The Hall–Kier alpha value is -0.630. The first-order valence-corrected chi connectivity index (χ1v) is 8.24. The average molecular weight is 298 g/mol. The Morgan fingerprint density at radius 1 is 1.35 bits per heavy atom. The van der Waals surface area contributed by atoms with Gasteiger partial charge in [0.25, 0.3) is 0 Å². The van der Waals surface area contributed by atoms with Crippen LogP contribution >= 0.6 is 11.6 Å². The third-order valence-corrected chi connectivity index (χ3v) is 5.06. The molecule has 0 aliphatic heterocycles. The van der Waals surface area contributed by atoms with Crippen molar-refractivity contribution in [2.75, 3.05) is 0 Å². The van der Waals surface area contributed by atoms with Gasteiger partial charge in [0.15, 0.2) is 0 Å². The standard InChI is InChI=1S/C17H25ClFN/c1-12(2)17(3,19)16-9-14(10-18)20-11-15(16)13-7-5-4-6-8-13/h9,11-13H,4-8,10H2,1-3H3. The molecule has 1 saturated carbocycles. The van der Waals surface area contributed by atoms with Crippen LogP contribution in [0.2, 0.25) is 0 Å². The van der Waals surface area contributed by atoms with Gasteiger partial charge in [-0.2, -0.15) is 0 Å². The molecule has 0 bridgehead atoms. The SMILES string of the molecule is CC(C)C(C)(F)c1cc(CCl)ncc1C1CCCCC1. The molecule has 1 nitrogen and oxygen atoms in total. The van der Waals surface area contributed by atoms with Crippen LogP contribution in [-0.2, 0) is 11.5 Å². The Balaban J connectivity index is 2.44. The first-order valence-electron chi connectivity index (χ1n) is 7.71. The number of hydrogen-bond donors (Lipinski definition) is 0. The molecule has 0 aromatic carbocycles. The molecule has 1 aromatic heterocycles. The lowest BCUT2D eigenvalue weighted by molar-refractivity contribution is 0.121. The van der Waals surface area contributed by atoms with Gasteiger partial charge in [-0.05, 0) is 48.8 Å². The molecule has 1 aromatic rings. The van der Waals surface area contributed by atoms with Crippen LogP contribution in [0.25, 0.3) is 0 Å². The summed E-state index contributed by atoms with van der Waals surface area (Å²) in [6.07, 6.45) is 7.98. The fourth-order valence-corrected chi connectivity index (χ4v) is 3.20. The number of pyridine rings is 1. The summed E-state index contributed by atoms with van der Waals surface area (Å²) in [7, 11) is 0. The number of halogens is 2. The zero-order valence-electron chi connectivity index (χ0n) is 12.8. The summed E-state index contributed by atoms with van der Waals surface area (Å²) in [6, 6.07) is 1.89. The summed E-state index contributed by atoms with van der Waals surface area (Å²) >= 11 is 5.88. The molecule has 1 aliphatic rings. The second kappa shape index (κ2) is 6.43. The molecule has 0 spiro atoms. The lowest BCUT2D eigenvalue weighted by Crippen LogP contribution is -2.26. The maximum absolute atomic E-state index is 15.2. The summed E-state index contributed by atoms with van der Waals surface area (Å²) in [5.41, 5.74) is 1.37. The summed E-state index contributed by atoms with van der Waals surface area (Å²) in [5.74, 6) is 0.742. The van der Waals surface area contributed by atoms with Crippen molar-refractivity contribution in [3.63, 3.8) is 0 Å². The van der Waals surface area contributed by atoms with Gasteiger partial charge in [-0.25, -0.2) is 4.39 Å². The van der Waals surface area contributed by atoms with Gasteiger partial charge in [-0.3, -0.25) is 4.98 Å². The number of alkyl halides is 2. The van der Waals surface area contributed by atoms with Gasteiger partial charge in [0.05, 0.1) is 11.6 Å². The van der Waals surface area contributed by atoms with E-state index in [0.717, 1.165) is 29.7 Å². The molecular formula is C17H25ClFN. The Labute approximate surface area is 126 Å². The molecular weight excluding hydrogens is 273 g/mol. The van der Waals surface area contributed by atoms with E-state index in [1.165, 1.54) is 19.3 Å². The van der Waals surface area contributed by atoms with Crippen molar-refractivity contribution in [3.8, 4) is 0 Å². The number of hydrogen-bond acceptors (Lipinski definition) is 1. The van der Waals surface area contributed by atoms with Gasteiger partial charge in [0.2, 0.25) is 0 Å². The monoisotopic (exact) mass is 297 g/mol. The third kappa shape index (κ3) is 3.16. The third-order valence-electron chi connectivity index (χ3n) is 4.78. The normalized spacial score (nSPS) is 20.1. The molecule has 1 aliphatic carbocycles. The molecule has 0 amide bonds. The molecule has 1 fully saturated rings. The van der Waals surface area contributed by atoms with Crippen molar-refractivity contribution in [1.82, 2.24) is 4.98 Å². The van der Waals surface area contributed by atoms with Crippen molar-refractivity contribution in [2.45, 2.75) is 70.3 Å². The van der Waals surface area contributed by atoms with Crippen molar-refractivity contribution in [2.24, 2.45) is 5.92 Å². The topological polar surface area (TPSA) is 12.9 Å². The van der Waals surface area contributed by atoms with Crippen LogP contribution in [0.5, 0.6) is 0 Å². The Kier molecular flexibility index (Phi) is 5.06. The first-order chi connectivity index (χ1) is 9.46. The van der Waals surface area contributed by atoms with Crippen molar-refractivity contribution < 1.29 is 4.39 Å². The van der Waals surface area contributed by atoms with Gasteiger partial charge >= 0.3 is 0 Å². The van der Waals surface area contributed by atoms with Crippen LogP contribution < -0.4 is 0 Å². The molecule has 1 heterocycles. The Morgan fingerprint density at radius 2 is 2.00 bits per heavy atom. The van der Waals surface area contributed by atoms with Crippen LogP contribution in [0.4, 0.5) is 4.39 Å². The van der Waals surface area contributed by atoms with Crippen molar-refractivity contribution in [1.29, 1.82) is 0 Å². The first kappa shape index (κ1) is 15.8. The highest BCUT2D eigenvalue weighted by atomic mass is 35.5. The van der Waals surface area contributed by atoms with Crippen LogP contribution in [0.1, 0.15) is 75.6 Å². The molecule has 112 valence electrons. The van der Waals surface area contributed by atoms with E-state index in [1.54, 1.807) is 6.92 Å². The zero-order chi connectivity index (χ0) is 14.8. The lowest BCUT2D eigenvalue weighted by atomic mass is 9.77. The van der Waals surface area contributed by atoms with Gasteiger partial charge in [-0.1, -0.05) is 33.1 Å². The van der Waals surface area contributed by atoms with E-state index in [2.05, 4.69) is 4.98 Å². The van der Waals surface area contributed by atoms with Crippen molar-refractivity contribution in [3.05, 3.63) is 29.1 Å². The molecule has 1 atom stereocenters. The largest absolute Gasteiger partial charge is 0.260 e. The molecule has 20 heavy (non-hydrogen) atoms. The maximum atomic E-state index is 15.2. The van der Waals surface area contributed by atoms with E-state index >= 15 is 4.39 Å². The van der Waals surface area contributed by atoms with Gasteiger partial charge < -0.3 is 0 Å². The van der Waals surface area contributed by atoms with E-state index in [1.807, 2.05) is 26.1 Å². The average Bonchev–Trinajstić information content (AvgIpc) is 2.47. The molecule has 0 radical (unpaired) electrons. The molecule has 2 rings (SSSR count). The minimum atomic E-state index is -1.32. The van der Waals surface area contributed by atoms with E-state index in [-0.39, 0.29) is 5.92 Å². The van der Waals surface area contributed by atoms with Crippen LogP contribution in [-0.4, -0.2) is 4.98 Å². The second-order valence-corrected chi connectivity index (χ2v) is 6.73. The zero-order valence-corrected chi connectivity index (χ0v) is 13.5. The van der Waals surface area contributed by atoms with E-state index < -0.39 is 5.67 Å². The summed E-state index contributed by atoms with van der Waals surface area (Å²) < 4.78 is 15.2. The quantitative estimate of drug-likeness (QED) is 0.649. The summed E-state index contributed by atoms with van der Waals surface area (Å²) in [5, 5.41) is 0. The van der Waals surface area contributed by atoms with Crippen molar-refractivity contribution >= 4 is 11.6 Å². The minimum Gasteiger partial charge on any atom is -0.260 e. The van der Waals surface area contributed by atoms with Gasteiger partial charge in [0.1, 0.15) is 5.67 Å². The molecule has 3 heteroatoms. The number of nitrogens with zero attached hydrogens (tertiary/aromatic N) is 1. The predicted molar refractivity (Wildman–Crippen MR) is 82.9 cm³/mol. The smallest absolute Gasteiger partial charge is 0.135 e. The fraction of sp³-hybridized carbons (Fsp3) is 0.706. The summed E-state index contributed by atoms with van der Waals surface area (Å²) in [6.45, 7) is 5.56. The fourth-order valence-electron chi connectivity index (χ4n) is 3.06. The number of rotatable bonds is 4. The lowest BCUT2D eigenvalue weighted by Gasteiger charge is -2.32. The van der Waals surface area contributed by atoms with Gasteiger partial charge in [0, 0.05) is 6.20 Å². The highest BCUT2D eigenvalue weighted by Gasteiger charge is 2.34. The Bertz CT molecular complexity index is 450. The Morgan fingerprint density at radius 3 is 2.55 bits per heavy atom. The predicted octanol–water partition coefficient (Wildman–Crippen LogP) is 5.71. The maximum Gasteiger partial charge on any atom is 0.135 e.